The van der Waals surface area contributed by atoms with E-state index in [1.807, 2.05) is 26.8 Å². The summed E-state index contributed by atoms with van der Waals surface area (Å²) in [6, 6.07) is 11.3. The number of aryl methyl sites for hydroxylation is 1. The Bertz CT molecular complexity index is 877. The van der Waals surface area contributed by atoms with Gasteiger partial charge in [0.2, 0.25) is 0 Å². The minimum absolute atomic E-state index is 0.102. The van der Waals surface area contributed by atoms with E-state index in [0.29, 0.717) is 24.3 Å². The molecule has 0 bridgehead atoms. The molecule has 0 aliphatic heterocycles. The summed E-state index contributed by atoms with van der Waals surface area (Å²) in [5, 5.41) is 2.78. The fraction of sp³-hybridized carbons (Fsp3) is 0.316. The standard InChI is InChI=1S/C19H25N3O3S/c1-13(11-20)12-21-19(23)16-7-9-17(10-8-16)26(24,25)22-18-6-4-5-14(2)15(18)3/h4-10,13,22H,11-12,20H2,1-3H3,(H,21,23). The lowest BCUT2D eigenvalue weighted by molar-refractivity contribution is 0.0948. The summed E-state index contributed by atoms with van der Waals surface area (Å²) in [4.78, 5) is 12.2. The molecule has 1 atom stereocenters. The van der Waals surface area contributed by atoms with Crippen molar-refractivity contribution in [3.8, 4) is 0 Å². The van der Waals surface area contributed by atoms with E-state index in [4.69, 9.17) is 5.73 Å². The number of nitrogens with two attached hydrogens (primary N) is 1. The minimum Gasteiger partial charge on any atom is -0.352 e. The van der Waals surface area contributed by atoms with Gasteiger partial charge in [-0.15, -0.1) is 0 Å². The van der Waals surface area contributed by atoms with Crippen LogP contribution in [0.15, 0.2) is 47.4 Å². The molecule has 6 nitrogen and oxygen atoms in total. The number of anilines is 1. The van der Waals surface area contributed by atoms with Gasteiger partial charge in [0.1, 0.15) is 0 Å². The van der Waals surface area contributed by atoms with Crippen molar-refractivity contribution in [1.29, 1.82) is 0 Å². The molecular weight excluding hydrogens is 350 g/mol. The molecule has 4 N–H and O–H groups in total. The van der Waals surface area contributed by atoms with E-state index in [1.54, 1.807) is 12.1 Å². The number of hydrogen-bond acceptors (Lipinski definition) is 4. The van der Waals surface area contributed by atoms with Crippen molar-refractivity contribution in [2.45, 2.75) is 25.7 Å². The first-order valence-corrected chi connectivity index (χ1v) is 9.90. The molecule has 0 fully saturated rings. The van der Waals surface area contributed by atoms with Gasteiger partial charge in [-0.2, -0.15) is 0 Å². The van der Waals surface area contributed by atoms with Crippen LogP contribution >= 0.6 is 0 Å². The van der Waals surface area contributed by atoms with E-state index in [9.17, 15) is 13.2 Å². The first-order chi connectivity index (χ1) is 12.2. The summed E-state index contributed by atoms with van der Waals surface area (Å²) < 4.78 is 27.7. The summed E-state index contributed by atoms with van der Waals surface area (Å²) in [6.07, 6.45) is 0. The van der Waals surface area contributed by atoms with Gasteiger partial charge in [-0.3, -0.25) is 9.52 Å². The van der Waals surface area contributed by atoms with Crippen molar-refractivity contribution in [2.24, 2.45) is 11.7 Å². The molecular formula is C19H25N3O3S. The fourth-order valence-corrected chi connectivity index (χ4v) is 3.43. The van der Waals surface area contributed by atoms with Crippen LogP contribution in [0.1, 0.15) is 28.4 Å². The van der Waals surface area contributed by atoms with Crippen molar-refractivity contribution in [1.82, 2.24) is 5.32 Å². The Morgan fingerprint density at radius 2 is 1.77 bits per heavy atom. The lowest BCUT2D eigenvalue weighted by Crippen LogP contribution is -2.31. The molecule has 0 aliphatic carbocycles. The van der Waals surface area contributed by atoms with Crippen LogP contribution in [0.2, 0.25) is 0 Å². The van der Waals surface area contributed by atoms with Crippen LogP contribution in [0.25, 0.3) is 0 Å². The molecule has 0 aliphatic rings. The Hall–Kier alpha value is -2.38. The highest BCUT2D eigenvalue weighted by Gasteiger charge is 2.16. The average molecular weight is 375 g/mol. The number of nitrogens with one attached hydrogen (secondary N) is 2. The molecule has 0 aromatic heterocycles. The third kappa shape index (κ3) is 4.83. The second kappa shape index (κ2) is 8.33. The quantitative estimate of drug-likeness (QED) is 0.692. The SMILES string of the molecule is Cc1cccc(NS(=O)(=O)c2ccc(C(=O)NCC(C)CN)cc2)c1C. The zero-order chi connectivity index (χ0) is 19.3. The Morgan fingerprint density at radius 3 is 2.38 bits per heavy atom. The molecule has 140 valence electrons. The fourth-order valence-electron chi connectivity index (χ4n) is 2.30. The zero-order valence-corrected chi connectivity index (χ0v) is 16.1. The topological polar surface area (TPSA) is 101 Å². The first kappa shape index (κ1) is 19.9. The summed E-state index contributed by atoms with van der Waals surface area (Å²) in [6.45, 7) is 6.69. The maximum absolute atomic E-state index is 12.6. The van der Waals surface area contributed by atoms with E-state index in [1.165, 1.54) is 24.3 Å². The molecule has 0 radical (unpaired) electrons. The van der Waals surface area contributed by atoms with Crippen LogP contribution in [0.4, 0.5) is 5.69 Å². The van der Waals surface area contributed by atoms with E-state index < -0.39 is 10.0 Å². The van der Waals surface area contributed by atoms with E-state index in [0.717, 1.165) is 11.1 Å². The van der Waals surface area contributed by atoms with Gasteiger partial charge in [0.25, 0.3) is 15.9 Å². The Morgan fingerprint density at radius 1 is 1.12 bits per heavy atom. The number of carbonyl (C=O) groups excluding carboxylic acids is 1. The van der Waals surface area contributed by atoms with E-state index in [2.05, 4.69) is 10.0 Å². The van der Waals surface area contributed by atoms with Crippen LogP contribution in [0, 0.1) is 19.8 Å². The molecule has 1 unspecified atom stereocenters. The van der Waals surface area contributed by atoms with Crippen LogP contribution in [0.5, 0.6) is 0 Å². The van der Waals surface area contributed by atoms with Crippen molar-refractivity contribution < 1.29 is 13.2 Å². The number of hydrogen-bond donors (Lipinski definition) is 3. The predicted molar refractivity (Wildman–Crippen MR) is 104 cm³/mol. The van der Waals surface area contributed by atoms with Gasteiger partial charge in [-0.1, -0.05) is 19.1 Å². The molecule has 0 spiro atoms. The number of carbonyl (C=O) groups is 1. The lowest BCUT2D eigenvalue weighted by atomic mass is 10.1. The molecule has 26 heavy (non-hydrogen) atoms. The highest BCUT2D eigenvalue weighted by atomic mass is 32.2. The molecule has 2 rings (SSSR count). The average Bonchev–Trinajstić information content (AvgIpc) is 2.63. The van der Waals surface area contributed by atoms with Gasteiger partial charge < -0.3 is 11.1 Å². The van der Waals surface area contributed by atoms with Gasteiger partial charge in [0, 0.05) is 12.1 Å². The molecule has 2 aromatic carbocycles. The van der Waals surface area contributed by atoms with Gasteiger partial charge in [0.05, 0.1) is 10.6 Å². The van der Waals surface area contributed by atoms with Crippen molar-refractivity contribution >= 4 is 21.6 Å². The minimum atomic E-state index is -3.72. The Kier molecular flexibility index (Phi) is 6.39. The third-order valence-corrected chi connectivity index (χ3v) is 5.67. The highest BCUT2D eigenvalue weighted by molar-refractivity contribution is 7.92. The largest absolute Gasteiger partial charge is 0.352 e. The maximum Gasteiger partial charge on any atom is 0.261 e. The van der Waals surface area contributed by atoms with E-state index >= 15 is 0 Å². The van der Waals surface area contributed by atoms with Crippen molar-refractivity contribution in [3.63, 3.8) is 0 Å². The second-order valence-electron chi connectivity index (χ2n) is 6.43. The summed E-state index contributed by atoms with van der Waals surface area (Å²) in [7, 11) is -3.72. The maximum atomic E-state index is 12.6. The molecule has 7 heteroatoms. The molecule has 2 aromatic rings. The van der Waals surface area contributed by atoms with Gasteiger partial charge in [0.15, 0.2) is 0 Å². The smallest absolute Gasteiger partial charge is 0.261 e. The number of benzene rings is 2. The molecule has 1 amide bonds. The number of amides is 1. The number of sulfonamides is 1. The Balaban J connectivity index is 2.13. The summed E-state index contributed by atoms with van der Waals surface area (Å²) in [5.74, 6) is -0.0721. The zero-order valence-electron chi connectivity index (χ0n) is 15.2. The van der Waals surface area contributed by atoms with Gasteiger partial charge >= 0.3 is 0 Å². The van der Waals surface area contributed by atoms with Gasteiger partial charge in [-0.25, -0.2) is 8.42 Å². The normalized spacial score (nSPS) is 12.5. The Labute approximate surface area is 154 Å². The molecule has 0 heterocycles. The van der Waals surface area contributed by atoms with Crippen LogP contribution in [-0.2, 0) is 10.0 Å². The van der Waals surface area contributed by atoms with Gasteiger partial charge in [-0.05, 0) is 67.8 Å². The van der Waals surface area contributed by atoms with Crippen LogP contribution < -0.4 is 15.8 Å². The monoisotopic (exact) mass is 375 g/mol. The molecule has 0 saturated heterocycles. The summed E-state index contributed by atoms with van der Waals surface area (Å²) in [5.41, 5.74) is 8.35. The van der Waals surface area contributed by atoms with Crippen LogP contribution in [-0.4, -0.2) is 27.4 Å². The molecule has 0 saturated carbocycles. The first-order valence-electron chi connectivity index (χ1n) is 8.42. The third-order valence-electron chi connectivity index (χ3n) is 4.29. The van der Waals surface area contributed by atoms with Crippen LogP contribution in [0.3, 0.4) is 0 Å². The van der Waals surface area contributed by atoms with Crippen molar-refractivity contribution in [2.75, 3.05) is 17.8 Å². The lowest BCUT2D eigenvalue weighted by Gasteiger charge is -2.13. The van der Waals surface area contributed by atoms with E-state index in [-0.39, 0.29) is 16.7 Å². The van der Waals surface area contributed by atoms with Crippen molar-refractivity contribution in [3.05, 3.63) is 59.2 Å². The summed E-state index contributed by atoms with van der Waals surface area (Å²) >= 11 is 0. The predicted octanol–water partition coefficient (Wildman–Crippen LogP) is 2.43. The second-order valence-corrected chi connectivity index (χ2v) is 8.11. The highest BCUT2D eigenvalue weighted by Crippen LogP contribution is 2.22. The number of rotatable bonds is 7.